The number of imidazole rings is 1. The lowest BCUT2D eigenvalue weighted by Gasteiger charge is -2.09. The molecule has 0 amide bonds. The third-order valence-corrected chi connectivity index (χ3v) is 3.97. The van der Waals surface area contributed by atoms with Gasteiger partial charge < -0.3 is 10.2 Å². The summed E-state index contributed by atoms with van der Waals surface area (Å²) >= 11 is 0. The molecule has 1 aromatic heterocycles. The van der Waals surface area contributed by atoms with Crippen LogP contribution in [0, 0.1) is 6.92 Å². The van der Waals surface area contributed by atoms with Crippen LogP contribution in [0.2, 0.25) is 0 Å². The first-order valence-electron chi connectivity index (χ1n) is 7.54. The maximum absolute atomic E-state index is 12.6. The quantitative estimate of drug-likeness (QED) is 0.851. The SMILES string of the molecule is CCC(O)Cn1c(=O)n(CC(O)CC)c2c(C)cccc21. The maximum Gasteiger partial charge on any atom is 0.329 e. The van der Waals surface area contributed by atoms with Gasteiger partial charge in [0.25, 0.3) is 0 Å². The van der Waals surface area contributed by atoms with Gasteiger partial charge in [-0.15, -0.1) is 0 Å². The molecule has 0 spiro atoms. The van der Waals surface area contributed by atoms with Crippen molar-refractivity contribution in [2.75, 3.05) is 0 Å². The van der Waals surface area contributed by atoms with Gasteiger partial charge in [-0.25, -0.2) is 4.79 Å². The van der Waals surface area contributed by atoms with Gasteiger partial charge in [0.15, 0.2) is 0 Å². The zero-order valence-corrected chi connectivity index (χ0v) is 12.9. The molecule has 0 fully saturated rings. The van der Waals surface area contributed by atoms with Crippen molar-refractivity contribution >= 4 is 11.0 Å². The molecule has 1 aromatic carbocycles. The fourth-order valence-electron chi connectivity index (χ4n) is 2.58. The van der Waals surface area contributed by atoms with E-state index < -0.39 is 12.2 Å². The highest BCUT2D eigenvalue weighted by molar-refractivity contribution is 5.79. The number of aryl methyl sites for hydroxylation is 1. The topological polar surface area (TPSA) is 67.4 Å². The molecule has 0 saturated carbocycles. The second-order valence-electron chi connectivity index (χ2n) is 5.57. The molecule has 2 N–H and O–H groups in total. The molecule has 0 aliphatic heterocycles. The van der Waals surface area contributed by atoms with Crippen molar-refractivity contribution in [1.29, 1.82) is 0 Å². The van der Waals surface area contributed by atoms with Crippen LogP contribution in [0.1, 0.15) is 32.3 Å². The summed E-state index contributed by atoms with van der Waals surface area (Å²) in [7, 11) is 0. The van der Waals surface area contributed by atoms with Gasteiger partial charge in [-0.2, -0.15) is 0 Å². The van der Waals surface area contributed by atoms with Crippen molar-refractivity contribution in [3.63, 3.8) is 0 Å². The molecule has 0 aliphatic carbocycles. The molecule has 2 atom stereocenters. The molecular formula is C16H24N2O3. The fourth-order valence-corrected chi connectivity index (χ4v) is 2.58. The molecule has 2 rings (SSSR count). The minimum atomic E-state index is -0.544. The van der Waals surface area contributed by atoms with E-state index in [0.29, 0.717) is 12.8 Å². The summed E-state index contributed by atoms with van der Waals surface area (Å²) in [6, 6.07) is 5.75. The predicted octanol–water partition coefficient (Wildman–Crippen LogP) is 1.65. The van der Waals surface area contributed by atoms with Gasteiger partial charge >= 0.3 is 5.69 Å². The normalized spacial score (nSPS) is 14.5. The molecule has 5 nitrogen and oxygen atoms in total. The van der Waals surface area contributed by atoms with Crippen LogP contribution in [0.15, 0.2) is 23.0 Å². The van der Waals surface area contributed by atoms with Crippen molar-refractivity contribution < 1.29 is 10.2 Å². The Morgan fingerprint density at radius 2 is 1.62 bits per heavy atom. The zero-order valence-electron chi connectivity index (χ0n) is 12.9. The molecule has 0 aliphatic rings. The summed E-state index contributed by atoms with van der Waals surface area (Å²) in [6.07, 6.45) is 0.112. The van der Waals surface area contributed by atoms with Gasteiger partial charge in [0.05, 0.1) is 36.3 Å². The molecule has 2 unspecified atom stereocenters. The summed E-state index contributed by atoms with van der Waals surface area (Å²) < 4.78 is 3.24. The Hall–Kier alpha value is -1.59. The van der Waals surface area contributed by atoms with E-state index in [9.17, 15) is 15.0 Å². The number of para-hydroxylation sites is 1. The van der Waals surface area contributed by atoms with Gasteiger partial charge in [-0.3, -0.25) is 9.13 Å². The van der Waals surface area contributed by atoms with E-state index in [1.807, 2.05) is 39.0 Å². The third-order valence-electron chi connectivity index (χ3n) is 3.97. The van der Waals surface area contributed by atoms with Crippen molar-refractivity contribution in [2.24, 2.45) is 0 Å². The van der Waals surface area contributed by atoms with Crippen molar-refractivity contribution in [2.45, 2.75) is 58.9 Å². The second-order valence-corrected chi connectivity index (χ2v) is 5.57. The monoisotopic (exact) mass is 292 g/mol. The lowest BCUT2D eigenvalue weighted by Crippen LogP contribution is -2.31. The smallest absolute Gasteiger partial charge is 0.329 e. The second kappa shape index (κ2) is 6.45. The number of aromatic nitrogens is 2. The van der Waals surface area contributed by atoms with Crippen LogP contribution in [-0.4, -0.2) is 31.6 Å². The van der Waals surface area contributed by atoms with Crippen LogP contribution < -0.4 is 5.69 Å². The highest BCUT2D eigenvalue weighted by atomic mass is 16.3. The van der Waals surface area contributed by atoms with E-state index in [1.165, 1.54) is 0 Å². The summed E-state index contributed by atoms with van der Waals surface area (Å²) in [6.45, 7) is 6.30. The molecule has 1 heterocycles. The highest BCUT2D eigenvalue weighted by Crippen LogP contribution is 2.19. The minimum absolute atomic E-state index is 0.167. The Morgan fingerprint density at radius 3 is 2.19 bits per heavy atom. The Labute approximate surface area is 124 Å². The predicted molar refractivity (Wildman–Crippen MR) is 83.5 cm³/mol. The van der Waals surface area contributed by atoms with Crippen LogP contribution >= 0.6 is 0 Å². The first kappa shape index (κ1) is 15.8. The average molecular weight is 292 g/mol. The molecule has 0 bridgehead atoms. The number of nitrogens with zero attached hydrogens (tertiary/aromatic N) is 2. The highest BCUT2D eigenvalue weighted by Gasteiger charge is 2.18. The van der Waals surface area contributed by atoms with Crippen LogP contribution in [0.3, 0.4) is 0 Å². The first-order chi connectivity index (χ1) is 9.99. The van der Waals surface area contributed by atoms with Crippen LogP contribution in [-0.2, 0) is 13.1 Å². The van der Waals surface area contributed by atoms with E-state index in [-0.39, 0.29) is 18.8 Å². The van der Waals surface area contributed by atoms with Crippen molar-refractivity contribution in [3.8, 4) is 0 Å². The Kier molecular flexibility index (Phi) is 4.85. The van der Waals surface area contributed by atoms with Gasteiger partial charge in [0, 0.05) is 0 Å². The van der Waals surface area contributed by atoms with E-state index in [1.54, 1.807) is 9.13 Å². The zero-order chi connectivity index (χ0) is 15.6. The van der Waals surface area contributed by atoms with Crippen molar-refractivity contribution in [1.82, 2.24) is 9.13 Å². The van der Waals surface area contributed by atoms with Crippen LogP contribution in [0.25, 0.3) is 11.0 Å². The van der Waals surface area contributed by atoms with Gasteiger partial charge in [0.1, 0.15) is 0 Å². The molecular weight excluding hydrogens is 268 g/mol. The lowest BCUT2D eigenvalue weighted by atomic mass is 10.2. The minimum Gasteiger partial charge on any atom is -0.391 e. The van der Waals surface area contributed by atoms with Crippen LogP contribution in [0.4, 0.5) is 0 Å². The molecule has 0 radical (unpaired) electrons. The number of hydrogen-bond acceptors (Lipinski definition) is 3. The number of benzene rings is 1. The molecule has 21 heavy (non-hydrogen) atoms. The van der Waals surface area contributed by atoms with E-state index in [4.69, 9.17) is 0 Å². The number of hydrogen-bond donors (Lipinski definition) is 2. The van der Waals surface area contributed by atoms with Crippen molar-refractivity contribution in [3.05, 3.63) is 34.2 Å². The number of aliphatic hydroxyl groups is 2. The molecule has 0 saturated heterocycles. The van der Waals surface area contributed by atoms with Crippen LogP contribution in [0.5, 0.6) is 0 Å². The van der Waals surface area contributed by atoms with E-state index in [0.717, 1.165) is 16.6 Å². The summed E-state index contributed by atoms with van der Waals surface area (Å²) in [4.78, 5) is 12.6. The number of fused-ring (bicyclic) bond motifs is 1. The maximum atomic E-state index is 12.6. The average Bonchev–Trinajstić information content (AvgIpc) is 2.73. The van der Waals surface area contributed by atoms with E-state index >= 15 is 0 Å². The van der Waals surface area contributed by atoms with Gasteiger partial charge in [-0.1, -0.05) is 26.0 Å². The van der Waals surface area contributed by atoms with E-state index in [2.05, 4.69) is 0 Å². The molecule has 5 heteroatoms. The summed E-state index contributed by atoms with van der Waals surface area (Å²) in [5.74, 6) is 0. The fraction of sp³-hybridized carbons (Fsp3) is 0.562. The largest absolute Gasteiger partial charge is 0.391 e. The summed E-state index contributed by atoms with van der Waals surface area (Å²) in [5.41, 5.74) is 2.49. The first-order valence-corrected chi connectivity index (χ1v) is 7.54. The number of aliphatic hydroxyl groups excluding tert-OH is 2. The molecule has 116 valence electrons. The third kappa shape index (κ3) is 3.04. The van der Waals surface area contributed by atoms with Gasteiger partial charge in [0.2, 0.25) is 0 Å². The number of rotatable bonds is 6. The van der Waals surface area contributed by atoms with Gasteiger partial charge in [-0.05, 0) is 31.4 Å². The Morgan fingerprint density at radius 1 is 1.05 bits per heavy atom. The Balaban J connectivity index is 2.62. The Bertz CT molecular complexity index is 672. The lowest BCUT2D eigenvalue weighted by molar-refractivity contribution is 0.144. The summed E-state index contributed by atoms with van der Waals surface area (Å²) in [5, 5.41) is 19.8. The standard InChI is InChI=1S/C16H24N2O3/c1-4-12(19)9-17-14-8-6-7-11(3)15(14)18(16(17)21)10-13(20)5-2/h6-8,12-13,19-20H,4-5,9-10H2,1-3H3. The molecule has 2 aromatic rings.